The maximum atomic E-state index is 12.9. The lowest BCUT2D eigenvalue weighted by Crippen LogP contribution is -2.58. The molecule has 1 saturated heterocycles. The van der Waals surface area contributed by atoms with Crippen molar-refractivity contribution in [3.05, 3.63) is 41.7 Å². The number of nitrogens with one attached hydrogen (secondary N) is 1. The maximum Gasteiger partial charge on any atom is 0.257 e. The zero-order valence-electron chi connectivity index (χ0n) is 14.7. The van der Waals surface area contributed by atoms with E-state index in [-0.39, 0.29) is 11.4 Å². The van der Waals surface area contributed by atoms with Gasteiger partial charge in [-0.1, -0.05) is 12.1 Å². The quantitative estimate of drug-likeness (QED) is 0.936. The number of hydrogen-bond donors (Lipinski definition) is 1. The van der Waals surface area contributed by atoms with Gasteiger partial charge in [-0.15, -0.1) is 0 Å². The molecule has 0 bridgehead atoms. The molecule has 0 spiro atoms. The summed E-state index contributed by atoms with van der Waals surface area (Å²) in [7, 11) is 1.63. The Hall–Kier alpha value is -2.34. The van der Waals surface area contributed by atoms with Crippen LogP contribution < -0.4 is 10.1 Å². The molecule has 1 N–H and O–H groups in total. The fraction of sp³-hybridized carbons (Fsp3) is 0.444. The van der Waals surface area contributed by atoms with Crippen LogP contribution in [-0.2, 0) is 0 Å². The Morgan fingerprint density at radius 2 is 2.08 bits per heavy atom. The zero-order valence-corrected chi connectivity index (χ0v) is 14.7. The number of carbonyl (C=O) groups excluding carboxylic acids is 1. The lowest BCUT2D eigenvalue weighted by atomic mass is 10.0. The van der Waals surface area contributed by atoms with Crippen molar-refractivity contribution in [1.82, 2.24) is 20.0 Å². The SMILES string of the molecule is COc1ccccc1-n1ncc(C(=O)N2CCNC(C)(C)C2)c1C. The Morgan fingerprint density at radius 3 is 2.79 bits per heavy atom. The molecular formula is C18H24N4O2. The number of piperazine rings is 1. The molecule has 1 aromatic heterocycles. The number of benzene rings is 1. The van der Waals surface area contributed by atoms with Crippen LogP contribution in [0.2, 0.25) is 0 Å². The third kappa shape index (κ3) is 3.01. The first kappa shape index (κ1) is 16.5. The molecule has 0 atom stereocenters. The molecule has 2 aromatic rings. The van der Waals surface area contributed by atoms with Gasteiger partial charge in [0.25, 0.3) is 5.91 Å². The maximum absolute atomic E-state index is 12.9. The molecule has 0 radical (unpaired) electrons. The minimum atomic E-state index is -0.0690. The van der Waals surface area contributed by atoms with Crippen LogP contribution in [0.5, 0.6) is 5.75 Å². The van der Waals surface area contributed by atoms with E-state index in [9.17, 15) is 4.79 Å². The van der Waals surface area contributed by atoms with Crippen molar-refractivity contribution in [1.29, 1.82) is 0 Å². The first-order valence-electron chi connectivity index (χ1n) is 8.15. The van der Waals surface area contributed by atoms with Crippen LogP contribution in [0, 0.1) is 6.92 Å². The monoisotopic (exact) mass is 328 g/mol. The summed E-state index contributed by atoms with van der Waals surface area (Å²) < 4.78 is 7.17. The molecule has 1 aliphatic heterocycles. The fourth-order valence-corrected chi connectivity index (χ4v) is 3.15. The molecule has 1 aromatic carbocycles. The van der Waals surface area contributed by atoms with Gasteiger partial charge in [-0.05, 0) is 32.9 Å². The van der Waals surface area contributed by atoms with Crippen LogP contribution in [0.1, 0.15) is 29.9 Å². The van der Waals surface area contributed by atoms with Crippen molar-refractivity contribution in [3.8, 4) is 11.4 Å². The summed E-state index contributed by atoms with van der Waals surface area (Å²) in [6, 6.07) is 7.66. The minimum Gasteiger partial charge on any atom is -0.494 e. The van der Waals surface area contributed by atoms with E-state index in [0.29, 0.717) is 18.7 Å². The summed E-state index contributed by atoms with van der Waals surface area (Å²) >= 11 is 0. The van der Waals surface area contributed by atoms with Crippen LogP contribution in [0.4, 0.5) is 0 Å². The lowest BCUT2D eigenvalue weighted by Gasteiger charge is -2.39. The van der Waals surface area contributed by atoms with Crippen molar-refractivity contribution in [2.45, 2.75) is 26.3 Å². The van der Waals surface area contributed by atoms with Crippen molar-refractivity contribution in [2.24, 2.45) is 0 Å². The van der Waals surface area contributed by atoms with E-state index in [1.807, 2.05) is 36.1 Å². The van der Waals surface area contributed by atoms with Crippen LogP contribution in [0.3, 0.4) is 0 Å². The van der Waals surface area contributed by atoms with Crippen LogP contribution in [-0.4, -0.2) is 52.9 Å². The number of nitrogens with zero attached hydrogens (tertiary/aromatic N) is 3. The third-order valence-corrected chi connectivity index (χ3v) is 4.41. The van der Waals surface area contributed by atoms with E-state index in [1.165, 1.54) is 0 Å². The third-order valence-electron chi connectivity index (χ3n) is 4.41. The Balaban J connectivity index is 1.91. The zero-order chi connectivity index (χ0) is 17.3. The molecule has 1 aliphatic rings. The Bertz CT molecular complexity index is 751. The number of carbonyl (C=O) groups is 1. The Labute approximate surface area is 142 Å². The van der Waals surface area contributed by atoms with Crippen molar-refractivity contribution < 1.29 is 9.53 Å². The predicted octanol–water partition coefficient (Wildman–Crippen LogP) is 2.01. The highest BCUT2D eigenvalue weighted by Crippen LogP contribution is 2.25. The highest BCUT2D eigenvalue weighted by atomic mass is 16.5. The largest absolute Gasteiger partial charge is 0.494 e. The second-order valence-electron chi connectivity index (χ2n) is 6.76. The average Bonchev–Trinajstić information content (AvgIpc) is 2.94. The molecule has 6 nitrogen and oxygen atoms in total. The molecule has 6 heteroatoms. The second kappa shape index (κ2) is 6.28. The summed E-state index contributed by atoms with van der Waals surface area (Å²) in [6.45, 7) is 8.33. The second-order valence-corrected chi connectivity index (χ2v) is 6.76. The van der Waals surface area contributed by atoms with Gasteiger partial charge in [-0.2, -0.15) is 5.10 Å². The van der Waals surface area contributed by atoms with E-state index in [0.717, 1.165) is 23.7 Å². The summed E-state index contributed by atoms with van der Waals surface area (Å²) in [5.41, 5.74) is 2.22. The number of para-hydroxylation sites is 2. The van der Waals surface area contributed by atoms with E-state index in [4.69, 9.17) is 4.74 Å². The summed E-state index contributed by atoms with van der Waals surface area (Å²) in [5.74, 6) is 0.759. The van der Waals surface area contributed by atoms with Gasteiger partial charge in [0.05, 0.1) is 24.6 Å². The van der Waals surface area contributed by atoms with Gasteiger partial charge in [0, 0.05) is 25.2 Å². The lowest BCUT2D eigenvalue weighted by molar-refractivity contribution is 0.0651. The normalized spacial score (nSPS) is 16.9. The molecule has 3 rings (SSSR count). The van der Waals surface area contributed by atoms with Gasteiger partial charge >= 0.3 is 0 Å². The van der Waals surface area contributed by atoms with Gasteiger partial charge in [-0.25, -0.2) is 4.68 Å². The van der Waals surface area contributed by atoms with Gasteiger partial charge in [0.15, 0.2) is 0 Å². The van der Waals surface area contributed by atoms with E-state index in [1.54, 1.807) is 18.0 Å². The van der Waals surface area contributed by atoms with Gasteiger partial charge < -0.3 is 15.0 Å². The first-order chi connectivity index (χ1) is 11.4. The number of aromatic nitrogens is 2. The van der Waals surface area contributed by atoms with Crippen LogP contribution in [0.15, 0.2) is 30.5 Å². The smallest absolute Gasteiger partial charge is 0.257 e. The van der Waals surface area contributed by atoms with E-state index < -0.39 is 0 Å². The molecule has 2 heterocycles. The standard InChI is InChI=1S/C18H24N4O2/c1-13-14(17(23)21-10-9-19-18(2,3)12-21)11-20-22(13)15-7-5-6-8-16(15)24-4/h5-8,11,19H,9-10,12H2,1-4H3. The highest BCUT2D eigenvalue weighted by molar-refractivity contribution is 5.95. The minimum absolute atomic E-state index is 0.0308. The van der Waals surface area contributed by atoms with Gasteiger partial charge in [-0.3, -0.25) is 4.79 Å². The Kier molecular flexibility index (Phi) is 4.32. The molecule has 24 heavy (non-hydrogen) atoms. The van der Waals surface area contributed by atoms with Crippen molar-refractivity contribution in [3.63, 3.8) is 0 Å². The predicted molar refractivity (Wildman–Crippen MR) is 92.8 cm³/mol. The van der Waals surface area contributed by atoms with E-state index >= 15 is 0 Å². The molecule has 0 aliphatic carbocycles. The van der Waals surface area contributed by atoms with E-state index in [2.05, 4.69) is 24.3 Å². The number of methoxy groups -OCH3 is 1. The number of rotatable bonds is 3. The van der Waals surface area contributed by atoms with Crippen molar-refractivity contribution in [2.75, 3.05) is 26.7 Å². The molecule has 0 unspecified atom stereocenters. The van der Waals surface area contributed by atoms with Gasteiger partial charge in [0.1, 0.15) is 11.4 Å². The molecule has 128 valence electrons. The number of hydrogen-bond acceptors (Lipinski definition) is 4. The van der Waals surface area contributed by atoms with Crippen molar-refractivity contribution >= 4 is 5.91 Å². The Morgan fingerprint density at radius 1 is 1.33 bits per heavy atom. The fourth-order valence-electron chi connectivity index (χ4n) is 3.15. The molecule has 1 amide bonds. The summed E-state index contributed by atoms with van der Waals surface area (Å²) in [4.78, 5) is 14.8. The molecule has 1 fully saturated rings. The summed E-state index contributed by atoms with van der Waals surface area (Å²) in [5, 5.41) is 7.84. The topological polar surface area (TPSA) is 59.4 Å². The average molecular weight is 328 g/mol. The van der Waals surface area contributed by atoms with Gasteiger partial charge in [0.2, 0.25) is 0 Å². The first-order valence-corrected chi connectivity index (χ1v) is 8.15. The molecular weight excluding hydrogens is 304 g/mol. The molecule has 0 saturated carbocycles. The highest BCUT2D eigenvalue weighted by Gasteiger charge is 2.30. The van der Waals surface area contributed by atoms with Crippen LogP contribution >= 0.6 is 0 Å². The van der Waals surface area contributed by atoms with Crippen LogP contribution in [0.25, 0.3) is 5.69 Å². The number of amides is 1. The number of ether oxygens (including phenoxy) is 1. The summed E-state index contributed by atoms with van der Waals surface area (Å²) in [6.07, 6.45) is 1.65.